The van der Waals surface area contributed by atoms with Crippen molar-refractivity contribution < 1.29 is 9.90 Å². The van der Waals surface area contributed by atoms with Gasteiger partial charge in [-0.05, 0) is 24.3 Å². The fourth-order valence-corrected chi connectivity index (χ4v) is 2.47. The van der Waals surface area contributed by atoms with Crippen LogP contribution in [0.2, 0.25) is 0 Å². The van der Waals surface area contributed by atoms with Crippen LogP contribution in [0.15, 0.2) is 6.20 Å². The van der Waals surface area contributed by atoms with Crippen molar-refractivity contribution in [2.75, 3.05) is 0 Å². The van der Waals surface area contributed by atoms with Crippen LogP contribution in [0.4, 0.5) is 0 Å². The number of rotatable bonds is 2. The van der Waals surface area contributed by atoms with Crippen LogP contribution in [-0.4, -0.2) is 20.9 Å². The lowest BCUT2D eigenvalue weighted by Crippen LogP contribution is -2.21. The summed E-state index contributed by atoms with van der Waals surface area (Å²) >= 11 is 0. The van der Waals surface area contributed by atoms with Gasteiger partial charge < -0.3 is 5.11 Å². The van der Waals surface area contributed by atoms with Gasteiger partial charge in [0.05, 0.1) is 12.6 Å². The molecule has 4 heteroatoms. The molecule has 0 saturated carbocycles. The van der Waals surface area contributed by atoms with Crippen LogP contribution in [0.3, 0.4) is 0 Å². The van der Waals surface area contributed by atoms with Gasteiger partial charge in [0.2, 0.25) is 0 Å². The molecule has 0 bridgehead atoms. The second-order valence-electron chi connectivity index (χ2n) is 4.39. The molecule has 1 aliphatic carbocycles. The van der Waals surface area contributed by atoms with Crippen molar-refractivity contribution in [2.45, 2.75) is 32.1 Å². The Morgan fingerprint density at radius 3 is 3.13 bits per heavy atom. The first-order valence-electron chi connectivity index (χ1n) is 5.32. The molecule has 1 N–H and O–H groups in total. The smallest absolute Gasteiger partial charge is 0.303 e. The van der Waals surface area contributed by atoms with E-state index >= 15 is 0 Å². The quantitative estimate of drug-likeness (QED) is 0.802. The second kappa shape index (κ2) is 3.68. The third-order valence-corrected chi connectivity index (χ3v) is 3.41. The normalized spacial score (nSPS) is 24.9. The molecular weight excluding hydrogens is 192 g/mol. The van der Waals surface area contributed by atoms with Crippen molar-refractivity contribution in [1.29, 1.82) is 0 Å². The molecule has 0 aliphatic heterocycles. The van der Waals surface area contributed by atoms with Crippen LogP contribution in [0.25, 0.3) is 0 Å². The van der Waals surface area contributed by atoms with E-state index < -0.39 is 5.97 Å². The van der Waals surface area contributed by atoms with Gasteiger partial charge >= 0.3 is 5.97 Å². The van der Waals surface area contributed by atoms with Gasteiger partial charge in [0.25, 0.3) is 0 Å². The van der Waals surface area contributed by atoms with Crippen LogP contribution < -0.4 is 0 Å². The molecule has 0 radical (unpaired) electrons. The molecule has 1 heterocycles. The number of hydrogen-bond acceptors (Lipinski definition) is 2. The van der Waals surface area contributed by atoms with E-state index in [0.29, 0.717) is 5.92 Å². The summed E-state index contributed by atoms with van der Waals surface area (Å²) in [6.45, 7) is 2.13. The lowest BCUT2D eigenvalue weighted by atomic mass is 9.77. The van der Waals surface area contributed by atoms with Gasteiger partial charge in [-0.2, -0.15) is 5.10 Å². The highest BCUT2D eigenvalue weighted by Gasteiger charge is 2.30. The zero-order valence-corrected chi connectivity index (χ0v) is 9.10. The average molecular weight is 208 g/mol. The van der Waals surface area contributed by atoms with Gasteiger partial charge in [0.15, 0.2) is 0 Å². The molecule has 15 heavy (non-hydrogen) atoms. The number of aromatic nitrogens is 2. The molecule has 0 amide bonds. The van der Waals surface area contributed by atoms with Gasteiger partial charge in [-0.3, -0.25) is 9.48 Å². The number of fused-ring (bicyclic) bond motifs is 1. The maximum atomic E-state index is 10.8. The summed E-state index contributed by atoms with van der Waals surface area (Å²) in [4.78, 5) is 10.8. The molecular formula is C11H16N2O2. The second-order valence-corrected chi connectivity index (χ2v) is 4.39. The number of carboxylic acid groups (broad SMARTS) is 1. The third kappa shape index (κ3) is 1.76. The van der Waals surface area contributed by atoms with E-state index in [1.165, 1.54) is 5.69 Å². The molecule has 82 valence electrons. The number of carbonyl (C=O) groups is 1. The Labute approximate surface area is 88.9 Å². The fraction of sp³-hybridized carbons (Fsp3) is 0.636. The molecule has 2 rings (SSSR count). The lowest BCUT2D eigenvalue weighted by Gasteiger charge is -2.27. The Morgan fingerprint density at radius 2 is 2.47 bits per heavy atom. The van der Waals surface area contributed by atoms with Gasteiger partial charge in [-0.25, -0.2) is 0 Å². The Hall–Kier alpha value is -1.32. The Kier molecular flexibility index (Phi) is 2.50. The minimum atomic E-state index is -0.719. The standard InChI is InChI=1S/C11H16N2O2/c1-7-3-4-10-9(6-12-13(10)2)8(7)5-11(14)15/h6-8H,3-5H2,1-2H3,(H,14,15). The van der Waals surface area contributed by atoms with Crippen molar-refractivity contribution in [3.8, 4) is 0 Å². The molecule has 2 unspecified atom stereocenters. The molecule has 1 aromatic rings. The van der Waals surface area contributed by atoms with E-state index in [1.807, 2.05) is 17.9 Å². The molecule has 0 fully saturated rings. The van der Waals surface area contributed by atoms with E-state index in [0.717, 1.165) is 18.4 Å². The zero-order valence-electron chi connectivity index (χ0n) is 9.10. The molecule has 0 spiro atoms. The number of hydrogen-bond donors (Lipinski definition) is 1. The first-order chi connectivity index (χ1) is 7.09. The molecule has 1 aliphatic rings. The Bertz CT molecular complexity index is 384. The van der Waals surface area contributed by atoms with Crippen LogP contribution in [0.5, 0.6) is 0 Å². The summed E-state index contributed by atoms with van der Waals surface area (Å²) in [5.74, 6) is -0.138. The summed E-state index contributed by atoms with van der Waals surface area (Å²) in [5.41, 5.74) is 2.35. The van der Waals surface area contributed by atoms with Gasteiger partial charge in [0, 0.05) is 18.7 Å². The lowest BCUT2D eigenvalue weighted by molar-refractivity contribution is -0.137. The van der Waals surface area contributed by atoms with Crippen molar-refractivity contribution in [1.82, 2.24) is 9.78 Å². The van der Waals surface area contributed by atoms with Crippen LogP contribution >= 0.6 is 0 Å². The number of carboxylic acids is 1. The molecule has 4 nitrogen and oxygen atoms in total. The van der Waals surface area contributed by atoms with Crippen molar-refractivity contribution in [3.63, 3.8) is 0 Å². The van der Waals surface area contributed by atoms with E-state index in [1.54, 1.807) is 0 Å². The number of aryl methyl sites for hydroxylation is 1. The molecule has 0 saturated heterocycles. The largest absolute Gasteiger partial charge is 0.481 e. The van der Waals surface area contributed by atoms with E-state index in [-0.39, 0.29) is 12.3 Å². The van der Waals surface area contributed by atoms with Crippen LogP contribution in [0, 0.1) is 5.92 Å². The topological polar surface area (TPSA) is 55.1 Å². The Balaban J connectivity index is 2.33. The Morgan fingerprint density at radius 1 is 1.73 bits per heavy atom. The highest BCUT2D eigenvalue weighted by atomic mass is 16.4. The monoisotopic (exact) mass is 208 g/mol. The summed E-state index contributed by atoms with van der Waals surface area (Å²) in [7, 11) is 1.92. The minimum absolute atomic E-state index is 0.139. The summed E-state index contributed by atoms with van der Waals surface area (Å²) < 4.78 is 1.87. The maximum absolute atomic E-state index is 10.8. The fourth-order valence-electron chi connectivity index (χ4n) is 2.47. The number of aliphatic carboxylic acids is 1. The highest BCUT2D eigenvalue weighted by molar-refractivity contribution is 5.68. The minimum Gasteiger partial charge on any atom is -0.481 e. The van der Waals surface area contributed by atoms with Crippen molar-refractivity contribution >= 4 is 5.97 Å². The van der Waals surface area contributed by atoms with Crippen molar-refractivity contribution in [2.24, 2.45) is 13.0 Å². The van der Waals surface area contributed by atoms with Crippen LogP contribution in [0.1, 0.15) is 36.9 Å². The van der Waals surface area contributed by atoms with Crippen LogP contribution in [-0.2, 0) is 18.3 Å². The van der Waals surface area contributed by atoms with Gasteiger partial charge in [0.1, 0.15) is 0 Å². The predicted molar refractivity (Wildman–Crippen MR) is 55.7 cm³/mol. The number of nitrogens with zero attached hydrogens (tertiary/aromatic N) is 2. The molecule has 0 aromatic carbocycles. The van der Waals surface area contributed by atoms with E-state index in [4.69, 9.17) is 5.11 Å². The van der Waals surface area contributed by atoms with E-state index in [2.05, 4.69) is 12.0 Å². The maximum Gasteiger partial charge on any atom is 0.303 e. The predicted octanol–water partition coefficient (Wildman–Crippen LogP) is 1.56. The summed E-state index contributed by atoms with van der Waals surface area (Å²) in [5, 5.41) is 13.1. The molecule has 2 atom stereocenters. The van der Waals surface area contributed by atoms with Gasteiger partial charge in [-0.15, -0.1) is 0 Å². The first kappa shape index (κ1) is 10.2. The molecule has 1 aromatic heterocycles. The van der Waals surface area contributed by atoms with E-state index in [9.17, 15) is 4.79 Å². The SMILES string of the molecule is CC1CCc2c(cnn2C)C1CC(=O)O. The highest BCUT2D eigenvalue weighted by Crippen LogP contribution is 2.37. The summed E-state index contributed by atoms with van der Waals surface area (Å²) in [6, 6.07) is 0. The zero-order chi connectivity index (χ0) is 11.0. The first-order valence-corrected chi connectivity index (χ1v) is 5.32. The average Bonchev–Trinajstić information content (AvgIpc) is 2.52. The van der Waals surface area contributed by atoms with Gasteiger partial charge in [-0.1, -0.05) is 6.92 Å². The van der Waals surface area contributed by atoms with Crippen molar-refractivity contribution in [3.05, 3.63) is 17.5 Å². The third-order valence-electron chi connectivity index (χ3n) is 3.41. The summed E-state index contributed by atoms with van der Waals surface area (Å²) in [6.07, 6.45) is 4.13.